The molecule has 1 spiro atoms. The molecular weight excluding hydrogens is 294 g/mol. The van der Waals surface area contributed by atoms with Crippen molar-refractivity contribution in [3.8, 4) is 0 Å². The maximum absolute atomic E-state index is 4.48. The molecule has 0 radical (unpaired) electrons. The van der Waals surface area contributed by atoms with E-state index < -0.39 is 0 Å². The van der Waals surface area contributed by atoms with Gasteiger partial charge >= 0.3 is 0 Å². The molecule has 2 fully saturated rings. The minimum Gasteiger partial charge on any atom is -0.334 e. The fourth-order valence-corrected chi connectivity index (χ4v) is 5.02. The molecule has 2 aliphatic rings. The molecule has 0 amide bonds. The average molecular weight is 323 g/mol. The Labute approximate surface area is 145 Å². The molecule has 1 aliphatic carbocycles. The van der Waals surface area contributed by atoms with E-state index in [0.717, 1.165) is 12.4 Å². The third kappa shape index (κ3) is 2.79. The second-order valence-corrected chi connectivity index (χ2v) is 7.91. The Morgan fingerprint density at radius 1 is 1.12 bits per heavy atom. The molecule has 1 saturated heterocycles. The largest absolute Gasteiger partial charge is 0.334 e. The molecule has 128 valence electrons. The predicted molar refractivity (Wildman–Crippen MR) is 97.9 cm³/mol. The Kier molecular flexibility index (Phi) is 4.21. The molecule has 3 heteroatoms. The van der Waals surface area contributed by atoms with Crippen LogP contribution < -0.4 is 0 Å². The van der Waals surface area contributed by atoms with Crippen LogP contribution in [0.25, 0.3) is 0 Å². The van der Waals surface area contributed by atoms with Gasteiger partial charge in [-0.25, -0.2) is 4.98 Å². The highest BCUT2D eigenvalue weighted by Gasteiger charge is 2.47. The first kappa shape index (κ1) is 15.9. The lowest BCUT2D eigenvalue weighted by Gasteiger charge is -2.38. The van der Waals surface area contributed by atoms with E-state index in [9.17, 15) is 0 Å². The molecule has 24 heavy (non-hydrogen) atoms. The summed E-state index contributed by atoms with van der Waals surface area (Å²) in [5, 5.41) is 0. The molecule has 1 saturated carbocycles. The van der Waals surface area contributed by atoms with Crippen molar-refractivity contribution >= 4 is 0 Å². The van der Waals surface area contributed by atoms with Gasteiger partial charge in [0, 0.05) is 38.8 Å². The van der Waals surface area contributed by atoms with E-state index in [-0.39, 0.29) is 0 Å². The number of rotatable bonds is 3. The highest BCUT2D eigenvalue weighted by atomic mass is 15.2. The molecule has 4 rings (SSSR count). The van der Waals surface area contributed by atoms with E-state index in [4.69, 9.17) is 0 Å². The Morgan fingerprint density at radius 2 is 1.88 bits per heavy atom. The van der Waals surface area contributed by atoms with E-state index in [1.54, 1.807) is 5.56 Å². The number of hydrogen-bond donors (Lipinski definition) is 0. The summed E-state index contributed by atoms with van der Waals surface area (Å²) in [7, 11) is 2.14. The minimum atomic E-state index is 0.493. The number of aryl methyl sites for hydroxylation is 1. The van der Waals surface area contributed by atoms with Crippen molar-refractivity contribution in [3.63, 3.8) is 0 Å². The minimum absolute atomic E-state index is 0.493. The standard InChI is InChI=1S/C21H29N3/c1-17-22-13-19(23(17)2)14-24-15-20(18-9-5-3-6-10-18)21(16-24)11-7-4-8-12-21/h3,5-6,9-10,13,20H,4,7-8,11-12,14-16H2,1-2H3/t20-/m1/s1. The molecule has 0 N–H and O–H groups in total. The lowest BCUT2D eigenvalue weighted by molar-refractivity contribution is 0.167. The zero-order valence-electron chi connectivity index (χ0n) is 15.0. The van der Waals surface area contributed by atoms with Gasteiger partial charge in [-0.2, -0.15) is 0 Å². The molecule has 3 nitrogen and oxygen atoms in total. The van der Waals surface area contributed by atoms with Crippen molar-refractivity contribution in [3.05, 3.63) is 53.6 Å². The quantitative estimate of drug-likeness (QED) is 0.840. The van der Waals surface area contributed by atoms with Crippen LogP contribution in [0.4, 0.5) is 0 Å². The molecule has 1 atom stereocenters. The second kappa shape index (κ2) is 6.36. The summed E-state index contributed by atoms with van der Waals surface area (Å²) in [6, 6.07) is 11.2. The lowest BCUT2D eigenvalue weighted by Crippen LogP contribution is -2.32. The number of benzene rings is 1. The van der Waals surface area contributed by atoms with Gasteiger partial charge in [0.25, 0.3) is 0 Å². The van der Waals surface area contributed by atoms with Crippen molar-refractivity contribution in [2.75, 3.05) is 13.1 Å². The lowest BCUT2D eigenvalue weighted by atomic mass is 9.66. The van der Waals surface area contributed by atoms with Crippen LogP contribution in [0.3, 0.4) is 0 Å². The topological polar surface area (TPSA) is 21.1 Å². The fourth-order valence-electron chi connectivity index (χ4n) is 5.02. The van der Waals surface area contributed by atoms with Crippen LogP contribution in [0.5, 0.6) is 0 Å². The van der Waals surface area contributed by atoms with Gasteiger partial charge in [-0.1, -0.05) is 49.6 Å². The van der Waals surface area contributed by atoms with Gasteiger partial charge in [0.05, 0.1) is 5.69 Å². The van der Waals surface area contributed by atoms with Gasteiger partial charge in [-0.15, -0.1) is 0 Å². The summed E-state index contributed by atoms with van der Waals surface area (Å²) in [6.07, 6.45) is 9.08. The van der Waals surface area contributed by atoms with E-state index in [1.165, 1.54) is 50.9 Å². The highest BCUT2D eigenvalue weighted by molar-refractivity contribution is 5.25. The first-order valence-electron chi connectivity index (χ1n) is 9.42. The number of nitrogens with zero attached hydrogens (tertiary/aromatic N) is 3. The van der Waals surface area contributed by atoms with Gasteiger partial charge in [0.15, 0.2) is 0 Å². The normalized spacial score (nSPS) is 23.8. The van der Waals surface area contributed by atoms with Crippen LogP contribution in [-0.2, 0) is 13.6 Å². The molecule has 2 aromatic rings. The van der Waals surface area contributed by atoms with Crippen LogP contribution in [0.1, 0.15) is 55.1 Å². The SMILES string of the molecule is Cc1ncc(CN2C[C@H](c3ccccc3)C3(CCCCC3)C2)n1C. The van der Waals surface area contributed by atoms with Crippen LogP contribution >= 0.6 is 0 Å². The monoisotopic (exact) mass is 323 g/mol. The zero-order chi connectivity index (χ0) is 16.6. The summed E-state index contributed by atoms with van der Waals surface area (Å²) < 4.78 is 2.24. The van der Waals surface area contributed by atoms with Crippen molar-refractivity contribution in [1.82, 2.24) is 14.5 Å². The van der Waals surface area contributed by atoms with Gasteiger partial charge in [0.1, 0.15) is 5.82 Å². The molecule has 1 aromatic heterocycles. The van der Waals surface area contributed by atoms with Gasteiger partial charge in [-0.3, -0.25) is 4.90 Å². The number of likely N-dealkylation sites (tertiary alicyclic amines) is 1. The van der Waals surface area contributed by atoms with Crippen molar-refractivity contribution in [1.29, 1.82) is 0 Å². The van der Waals surface area contributed by atoms with Crippen molar-refractivity contribution in [2.24, 2.45) is 12.5 Å². The maximum Gasteiger partial charge on any atom is 0.105 e. The molecule has 1 aromatic carbocycles. The Morgan fingerprint density at radius 3 is 2.54 bits per heavy atom. The first-order valence-corrected chi connectivity index (χ1v) is 9.42. The molecule has 1 aliphatic heterocycles. The van der Waals surface area contributed by atoms with E-state index in [1.807, 2.05) is 0 Å². The molecule has 0 unspecified atom stereocenters. The number of aromatic nitrogens is 2. The summed E-state index contributed by atoms with van der Waals surface area (Å²) >= 11 is 0. The number of hydrogen-bond acceptors (Lipinski definition) is 2. The predicted octanol–water partition coefficient (Wildman–Crippen LogP) is 4.28. The van der Waals surface area contributed by atoms with E-state index in [0.29, 0.717) is 11.3 Å². The van der Waals surface area contributed by atoms with Crippen LogP contribution in [-0.4, -0.2) is 27.5 Å². The second-order valence-electron chi connectivity index (χ2n) is 7.91. The molecular formula is C21H29N3. The van der Waals surface area contributed by atoms with Crippen LogP contribution in [0.2, 0.25) is 0 Å². The Bertz CT molecular complexity index is 682. The molecule has 2 heterocycles. The third-order valence-electron chi connectivity index (χ3n) is 6.47. The van der Waals surface area contributed by atoms with Crippen molar-refractivity contribution in [2.45, 2.75) is 51.5 Å². The summed E-state index contributed by atoms with van der Waals surface area (Å²) in [6.45, 7) is 5.55. The van der Waals surface area contributed by atoms with Gasteiger partial charge in [-0.05, 0) is 30.7 Å². The molecule has 0 bridgehead atoms. The Hall–Kier alpha value is -1.61. The fraction of sp³-hybridized carbons (Fsp3) is 0.571. The summed E-state index contributed by atoms with van der Waals surface area (Å²) in [5.74, 6) is 1.80. The first-order chi connectivity index (χ1) is 11.7. The summed E-state index contributed by atoms with van der Waals surface area (Å²) in [5.41, 5.74) is 3.38. The van der Waals surface area contributed by atoms with Crippen molar-refractivity contribution < 1.29 is 0 Å². The van der Waals surface area contributed by atoms with Gasteiger partial charge < -0.3 is 4.57 Å². The van der Waals surface area contributed by atoms with Crippen LogP contribution in [0, 0.1) is 12.3 Å². The maximum atomic E-state index is 4.48. The smallest absolute Gasteiger partial charge is 0.105 e. The van der Waals surface area contributed by atoms with Crippen LogP contribution in [0.15, 0.2) is 36.5 Å². The Balaban J connectivity index is 1.59. The third-order valence-corrected chi connectivity index (χ3v) is 6.47. The zero-order valence-corrected chi connectivity index (χ0v) is 15.0. The van der Waals surface area contributed by atoms with E-state index in [2.05, 4.69) is 65.0 Å². The number of imidazole rings is 1. The average Bonchev–Trinajstić information content (AvgIpc) is 3.11. The highest BCUT2D eigenvalue weighted by Crippen LogP contribution is 2.52. The van der Waals surface area contributed by atoms with Gasteiger partial charge in [0.2, 0.25) is 0 Å². The van der Waals surface area contributed by atoms with E-state index >= 15 is 0 Å². The summed E-state index contributed by atoms with van der Waals surface area (Å²) in [4.78, 5) is 7.16.